The van der Waals surface area contributed by atoms with Gasteiger partial charge in [0.1, 0.15) is 11.4 Å². The van der Waals surface area contributed by atoms with Crippen molar-refractivity contribution in [3.8, 4) is 5.75 Å². The molecular weight excluding hydrogens is 382 g/mol. The van der Waals surface area contributed by atoms with Gasteiger partial charge in [-0.3, -0.25) is 19.7 Å². The van der Waals surface area contributed by atoms with Gasteiger partial charge in [-0.15, -0.1) is 0 Å². The first-order valence-corrected chi connectivity index (χ1v) is 8.43. The van der Waals surface area contributed by atoms with Crippen LogP contribution >= 0.6 is 0 Å². The molecule has 3 rings (SSSR count). The van der Waals surface area contributed by atoms with Crippen LogP contribution in [0.3, 0.4) is 0 Å². The number of nitro groups is 1. The van der Waals surface area contributed by atoms with Gasteiger partial charge in [0.2, 0.25) is 5.91 Å². The van der Waals surface area contributed by atoms with E-state index >= 15 is 0 Å². The summed E-state index contributed by atoms with van der Waals surface area (Å²) >= 11 is 0. The smallest absolute Gasteiger partial charge is 0.418 e. The number of hydrogen-bond acceptors (Lipinski definition) is 6. The molecule has 1 aliphatic heterocycles. The van der Waals surface area contributed by atoms with Gasteiger partial charge in [-0.05, 0) is 49.7 Å². The number of carbonyl (C=O) groups excluding carboxylic acids is 2. The van der Waals surface area contributed by atoms with Gasteiger partial charge in [-0.2, -0.15) is 0 Å². The molecule has 2 N–H and O–H groups in total. The molecule has 0 atom stereocenters. The van der Waals surface area contributed by atoms with Crippen molar-refractivity contribution < 1.29 is 29.2 Å². The van der Waals surface area contributed by atoms with Crippen molar-refractivity contribution >= 4 is 35.0 Å². The van der Waals surface area contributed by atoms with Crippen molar-refractivity contribution in [3.05, 3.63) is 57.6 Å². The van der Waals surface area contributed by atoms with Crippen LogP contribution in [0, 0.1) is 10.1 Å². The minimum absolute atomic E-state index is 0.0957. The lowest BCUT2D eigenvalue weighted by molar-refractivity contribution is -0.383. The number of carboxylic acid groups (broad SMARTS) is 1. The summed E-state index contributed by atoms with van der Waals surface area (Å²) in [5.41, 5.74) is -1.49. The second kappa shape index (κ2) is 6.89. The molecule has 10 heteroatoms. The van der Waals surface area contributed by atoms with E-state index in [1.54, 1.807) is 12.1 Å². The average molecular weight is 399 g/mol. The van der Waals surface area contributed by atoms with Gasteiger partial charge >= 0.3 is 6.09 Å². The van der Waals surface area contributed by atoms with Crippen LogP contribution in [0.1, 0.15) is 29.8 Å². The highest BCUT2D eigenvalue weighted by Crippen LogP contribution is 2.46. The number of nitro benzene ring substituents is 1. The van der Waals surface area contributed by atoms with E-state index in [0.717, 1.165) is 6.07 Å². The molecule has 2 aromatic rings. The quantitative estimate of drug-likeness (QED) is 0.594. The molecule has 1 aliphatic rings. The number of anilines is 2. The van der Waals surface area contributed by atoms with E-state index in [-0.39, 0.29) is 22.5 Å². The molecule has 0 aromatic heterocycles. The van der Waals surface area contributed by atoms with Crippen molar-refractivity contribution in [3.63, 3.8) is 0 Å². The van der Waals surface area contributed by atoms with Gasteiger partial charge in [0.25, 0.3) is 11.6 Å². The predicted molar refractivity (Wildman–Crippen MR) is 103 cm³/mol. The highest BCUT2D eigenvalue weighted by molar-refractivity contribution is 6.21. The van der Waals surface area contributed by atoms with Crippen LogP contribution in [0.25, 0.3) is 0 Å². The molecule has 0 aliphatic carbocycles. The van der Waals surface area contributed by atoms with Crippen LogP contribution in [0.15, 0.2) is 36.4 Å². The molecule has 1 heterocycles. The van der Waals surface area contributed by atoms with E-state index in [9.17, 15) is 29.6 Å². The summed E-state index contributed by atoms with van der Waals surface area (Å²) in [6.07, 6.45) is -1.54. The number of hydrogen-bond donors (Lipinski definition) is 2. The van der Waals surface area contributed by atoms with E-state index in [0.29, 0.717) is 10.6 Å². The fourth-order valence-corrected chi connectivity index (χ4v) is 3.14. The Balaban J connectivity index is 2.07. The zero-order chi connectivity index (χ0) is 21.5. The highest BCUT2D eigenvalue weighted by atomic mass is 16.6. The van der Waals surface area contributed by atoms with Crippen LogP contribution in [-0.2, 0) is 10.2 Å². The lowest BCUT2D eigenvalue weighted by atomic mass is 9.85. The number of amides is 3. The molecule has 3 amide bonds. The van der Waals surface area contributed by atoms with E-state index in [4.69, 9.17) is 4.74 Å². The standard InChI is InChI=1S/C19H17N3O7/c1-19(2)12-8-13(20-16(23)10-4-6-11(29-3)7-5-10)15(22(27)28)9-14(12)21(17(19)24)18(25)26/h4-9H,1-3H3,(H,20,23)(H,25,26). The van der Waals surface area contributed by atoms with Crippen molar-refractivity contribution in [1.82, 2.24) is 0 Å². The molecule has 2 aromatic carbocycles. The molecule has 0 unspecified atom stereocenters. The number of nitrogens with one attached hydrogen (secondary N) is 1. The summed E-state index contributed by atoms with van der Waals surface area (Å²) in [6, 6.07) is 8.38. The number of rotatable bonds is 4. The van der Waals surface area contributed by atoms with Gasteiger partial charge in [-0.25, -0.2) is 9.69 Å². The average Bonchev–Trinajstić information content (AvgIpc) is 2.87. The fraction of sp³-hybridized carbons (Fsp3) is 0.211. The Hall–Kier alpha value is -3.95. The van der Waals surface area contributed by atoms with E-state index < -0.39 is 33.9 Å². The third-order valence-electron chi connectivity index (χ3n) is 4.75. The summed E-state index contributed by atoms with van der Waals surface area (Å²) in [5, 5.41) is 23.4. The van der Waals surface area contributed by atoms with Crippen molar-refractivity contribution in [2.45, 2.75) is 19.3 Å². The summed E-state index contributed by atoms with van der Waals surface area (Å²) in [4.78, 5) is 47.8. The van der Waals surface area contributed by atoms with Gasteiger partial charge in [0.05, 0.1) is 23.1 Å². The maximum absolute atomic E-state index is 12.5. The highest BCUT2D eigenvalue weighted by Gasteiger charge is 2.48. The molecule has 0 fully saturated rings. The largest absolute Gasteiger partial charge is 0.497 e. The lowest BCUT2D eigenvalue weighted by Crippen LogP contribution is -2.39. The zero-order valence-corrected chi connectivity index (χ0v) is 15.8. The van der Waals surface area contributed by atoms with Crippen LogP contribution in [0.5, 0.6) is 5.75 Å². The molecule has 0 bridgehead atoms. The van der Waals surface area contributed by atoms with Crippen molar-refractivity contribution in [2.75, 3.05) is 17.3 Å². The maximum Gasteiger partial charge on any atom is 0.418 e. The zero-order valence-electron chi connectivity index (χ0n) is 15.8. The second-order valence-corrected chi connectivity index (χ2v) is 6.87. The summed E-state index contributed by atoms with van der Waals surface area (Å²) in [7, 11) is 1.48. The number of carbonyl (C=O) groups is 3. The molecule has 0 saturated carbocycles. The number of ether oxygens (including phenoxy) is 1. The second-order valence-electron chi connectivity index (χ2n) is 6.87. The van der Waals surface area contributed by atoms with Crippen LogP contribution in [0.2, 0.25) is 0 Å². The molecule has 0 radical (unpaired) electrons. The van der Waals surface area contributed by atoms with Crippen LogP contribution < -0.4 is 15.0 Å². The first-order valence-electron chi connectivity index (χ1n) is 8.43. The minimum Gasteiger partial charge on any atom is -0.497 e. The number of fused-ring (bicyclic) bond motifs is 1. The van der Waals surface area contributed by atoms with Gasteiger partial charge in [0, 0.05) is 11.6 Å². The molecular formula is C19H17N3O7. The Bertz CT molecular complexity index is 1040. The monoisotopic (exact) mass is 399 g/mol. The van der Waals surface area contributed by atoms with Crippen LogP contribution in [-0.4, -0.2) is 35.0 Å². The summed E-state index contributed by atoms with van der Waals surface area (Å²) < 4.78 is 5.02. The van der Waals surface area contributed by atoms with E-state index in [1.807, 2.05) is 0 Å². The van der Waals surface area contributed by atoms with Gasteiger partial charge in [0.15, 0.2) is 0 Å². The Labute approximate surface area is 164 Å². The van der Waals surface area contributed by atoms with Crippen molar-refractivity contribution in [1.29, 1.82) is 0 Å². The molecule has 0 saturated heterocycles. The first-order chi connectivity index (χ1) is 13.6. The Morgan fingerprint density at radius 3 is 2.34 bits per heavy atom. The predicted octanol–water partition coefficient (Wildman–Crippen LogP) is 3.16. The SMILES string of the molecule is COc1ccc(C(=O)Nc2cc3c(cc2[N+](=O)[O-])N(C(=O)O)C(=O)C3(C)C)cc1. The number of imide groups is 1. The first kappa shape index (κ1) is 19.8. The number of nitrogens with zero attached hydrogens (tertiary/aromatic N) is 2. The Morgan fingerprint density at radius 1 is 1.21 bits per heavy atom. The third kappa shape index (κ3) is 3.24. The Morgan fingerprint density at radius 2 is 1.83 bits per heavy atom. The topological polar surface area (TPSA) is 139 Å². The van der Waals surface area contributed by atoms with Crippen LogP contribution in [0.4, 0.5) is 21.9 Å². The summed E-state index contributed by atoms with van der Waals surface area (Å²) in [6.45, 7) is 3.02. The number of methoxy groups -OCH3 is 1. The van der Waals surface area contributed by atoms with Crippen molar-refractivity contribution in [2.24, 2.45) is 0 Å². The third-order valence-corrected chi connectivity index (χ3v) is 4.75. The van der Waals surface area contributed by atoms with E-state index in [2.05, 4.69) is 5.32 Å². The Kier molecular flexibility index (Phi) is 4.71. The summed E-state index contributed by atoms with van der Waals surface area (Å²) in [5.74, 6) is -0.792. The number of benzene rings is 2. The van der Waals surface area contributed by atoms with Gasteiger partial charge < -0.3 is 15.2 Å². The lowest BCUT2D eigenvalue weighted by Gasteiger charge is -2.16. The molecule has 10 nitrogen and oxygen atoms in total. The normalized spacial score (nSPS) is 14.3. The maximum atomic E-state index is 12.5. The fourth-order valence-electron chi connectivity index (χ4n) is 3.14. The van der Waals surface area contributed by atoms with E-state index in [1.165, 1.54) is 39.2 Å². The minimum atomic E-state index is -1.54. The molecule has 150 valence electrons. The molecule has 29 heavy (non-hydrogen) atoms. The van der Waals surface area contributed by atoms with Gasteiger partial charge in [-0.1, -0.05) is 0 Å². The molecule has 0 spiro atoms.